The van der Waals surface area contributed by atoms with Gasteiger partial charge in [0.25, 0.3) is 5.91 Å². The summed E-state index contributed by atoms with van der Waals surface area (Å²) in [5, 5.41) is 3.01. The summed E-state index contributed by atoms with van der Waals surface area (Å²) in [4.78, 5) is 17.7. The zero-order chi connectivity index (χ0) is 22.9. The van der Waals surface area contributed by atoms with Crippen LogP contribution in [0.3, 0.4) is 0 Å². The molecule has 32 heavy (non-hydrogen) atoms. The van der Waals surface area contributed by atoms with Gasteiger partial charge in [0.05, 0.1) is 0 Å². The molecular weight excluding hydrogens is 400 g/mol. The normalized spacial score (nSPS) is 11.7. The summed E-state index contributed by atoms with van der Waals surface area (Å²) in [6.45, 7) is 9.76. The summed E-state index contributed by atoms with van der Waals surface area (Å²) in [6.07, 6.45) is 0. The Morgan fingerprint density at radius 2 is 1.78 bits per heavy atom. The standard InChI is InChI=1S/C27H28N2O3/c1-17(2)19-13-14-24-23(15-19)28-25(31-24)20-12-11-18(3)22(16-20)29-26(30)27(4,5)32-21-9-7-6-8-10-21/h6-17H,1-5H3,(H,29,30). The number of para-hydroxylation sites is 1. The van der Waals surface area contributed by atoms with Crippen LogP contribution in [0.4, 0.5) is 5.69 Å². The first-order valence-electron chi connectivity index (χ1n) is 10.8. The van der Waals surface area contributed by atoms with E-state index in [9.17, 15) is 4.79 Å². The Labute approximate surface area is 188 Å². The number of aryl methyl sites for hydroxylation is 1. The van der Waals surface area contributed by atoms with E-state index in [1.165, 1.54) is 5.56 Å². The minimum atomic E-state index is -1.05. The Morgan fingerprint density at radius 1 is 1.03 bits per heavy atom. The number of nitrogens with zero attached hydrogens (tertiary/aromatic N) is 1. The summed E-state index contributed by atoms with van der Waals surface area (Å²) in [5.41, 5.74) is 4.18. The lowest BCUT2D eigenvalue weighted by Gasteiger charge is -2.25. The molecule has 1 heterocycles. The van der Waals surface area contributed by atoms with Crippen molar-refractivity contribution in [2.75, 3.05) is 5.32 Å². The van der Waals surface area contributed by atoms with Crippen LogP contribution in [0.5, 0.6) is 5.75 Å². The highest BCUT2D eigenvalue weighted by Crippen LogP contribution is 2.30. The van der Waals surface area contributed by atoms with Crippen molar-refractivity contribution in [2.24, 2.45) is 0 Å². The maximum atomic E-state index is 13.0. The van der Waals surface area contributed by atoms with Crippen LogP contribution in [0, 0.1) is 6.92 Å². The highest BCUT2D eigenvalue weighted by atomic mass is 16.5. The van der Waals surface area contributed by atoms with Crippen LogP contribution in [0.1, 0.15) is 44.7 Å². The first-order chi connectivity index (χ1) is 15.2. The van der Waals surface area contributed by atoms with Gasteiger partial charge in [0.15, 0.2) is 11.2 Å². The number of anilines is 1. The van der Waals surface area contributed by atoms with Crippen molar-refractivity contribution >= 4 is 22.7 Å². The molecule has 0 aliphatic heterocycles. The van der Waals surface area contributed by atoms with Gasteiger partial charge in [-0.2, -0.15) is 0 Å². The minimum Gasteiger partial charge on any atom is -0.478 e. The van der Waals surface area contributed by atoms with E-state index >= 15 is 0 Å². The van der Waals surface area contributed by atoms with E-state index in [0.717, 1.165) is 22.2 Å². The topological polar surface area (TPSA) is 64.4 Å². The summed E-state index contributed by atoms with van der Waals surface area (Å²) in [7, 11) is 0. The molecule has 0 fully saturated rings. The van der Waals surface area contributed by atoms with E-state index < -0.39 is 5.60 Å². The quantitative estimate of drug-likeness (QED) is 0.370. The molecule has 1 amide bonds. The van der Waals surface area contributed by atoms with Crippen molar-refractivity contribution in [1.82, 2.24) is 4.98 Å². The fraction of sp³-hybridized carbons (Fsp3) is 0.259. The van der Waals surface area contributed by atoms with Crippen LogP contribution in [0.2, 0.25) is 0 Å². The van der Waals surface area contributed by atoms with Gasteiger partial charge in [-0.15, -0.1) is 0 Å². The van der Waals surface area contributed by atoms with Gasteiger partial charge in [-0.1, -0.05) is 44.2 Å². The van der Waals surface area contributed by atoms with Crippen molar-refractivity contribution in [3.8, 4) is 17.2 Å². The van der Waals surface area contributed by atoms with Crippen LogP contribution in [-0.2, 0) is 4.79 Å². The Bertz CT molecular complexity index is 1260. The molecular formula is C27H28N2O3. The lowest BCUT2D eigenvalue weighted by molar-refractivity contribution is -0.128. The number of ether oxygens (including phenoxy) is 1. The fourth-order valence-corrected chi connectivity index (χ4v) is 3.42. The summed E-state index contributed by atoms with van der Waals surface area (Å²) < 4.78 is 11.9. The van der Waals surface area contributed by atoms with Gasteiger partial charge >= 0.3 is 0 Å². The second kappa shape index (κ2) is 8.50. The highest BCUT2D eigenvalue weighted by Gasteiger charge is 2.30. The third-order valence-electron chi connectivity index (χ3n) is 5.47. The van der Waals surface area contributed by atoms with Crippen molar-refractivity contribution < 1.29 is 13.9 Å². The largest absolute Gasteiger partial charge is 0.478 e. The number of aromatic nitrogens is 1. The maximum Gasteiger partial charge on any atom is 0.267 e. The van der Waals surface area contributed by atoms with E-state index in [2.05, 4.69) is 36.3 Å². The van der Waals surface area contributed by atoms with Crippen LogP contribution in [-0.4, -0.2) is 16.5 Å². The first-order valence-corrected chi connectivity index (χ1v) is 10.8. The molecule has 4 aromatic rings. The molecule has 0 saturated heterocycles. The van der Waals surface area contributed by atoms with Gasteiger partial charge in [0, 0.05) is 11.3 Å². The molecule has 0 spiro atoms. The number of benzene rings is 3. The minimum absolute atomic E-state index is 0.235. The number of fused-ring (bicyclic) bond motifs is 1. The lowest BCUT2D eigenvalue weighted by atomic mass is 10.0. The van der Waals surface area contributed by atoms with Gasteiger partial charge in [-0.25, -0.2) is 4.98 Å². The van der Waals surface area contributed by atoms with Gasteiger partial charge in [0.2, 0.25) is 5.89 Å². The average molecular weight is 429 g/mol. The van der Waals surface area contributed by atoms with Gasteiger partial charge in [-0.3, -0.25) is 4.79 Å². The van der Waals surface area contributed by atoms with Gasteiger partial charge < -0.3 is 14.5 Å². The summed E-state index contributed by atoms with van der Waals surface area (Å²) in [5.74, 6) is 1.35. The van der Waals surface area contributed by atoms with Crippen molar-refractivity contribution in [3.05, 3.63) is 77.9 Å². The molecule has 3 aromatic carbocycles. The number of oxazole rings is 1. The molecule has 5 heteroatoms. The average Bonchev–Trinajstić information content (AvgIpc) is 3.19. The lowest BCUT2D eigenvalue weighted by Crippen LogP contribution is -2.42. The molecule has 0 atom stereocenters. The second-order valence-electron chi connectivity index (χ2n) is 8.81. The Kier molecular flexibility index (Phi) is 5.74. The molecule has 4 rings (SSSR count). The van der Waals surface area contributed by atoms with E-state index in [-0.39, 0.29) is 5.91 Å². The van der Waals surface area contributed by atoms with Crippen LogP contribution in [0.15, 0.2) is 71.1 Å². The molecule has 0 bridgehead atoms. The summed E-state index contributed by atoms with van der Waals surface area (Å²) >= 11 is 0. The van der Waals surface area contributed by atoms with E-state index in [1.807, 2.05) is 61.5 Å². The fourth-order valence-electron chi connectivity index (χ4n) is 3.42. The number of carbonyl (C=O) groups is 1. The zero-order valence-electron chi connectivity index (χ0n) is 19.1. The predicted molar refractivity (Wildman–Crippen MR) is 128 cm³/mol. The maximum absolute atomic E-state index is 13.0. The first kappa shape index (κ1) is 21.6. The predicted octanol–water partition coefficient (Wildman–Crippen LogP) is 6.72. The molecule has 164 valence electrons. The van der Waals surface area contributed by atoms with E-state index in [1.54, 1.807) is 13.8 Å². The number of amides is 1. The molecule has 0 unspecified atom stereocenters. The van der Waals surface area contributed by atoms with E-state index in [4.69, 9.17) is 9.15 Å². The smallest absolute Gasteiger partial charge is 0.267 e. The van der Waals surface area contributed by atoms with Gasteiger partial charge in [-0.05, 0) is 74.2 Å². The Hall–Kier alpha value is -3.60. The monoisotopic (exact) mass is 428 g/mol. The van der Waals surface area contributed by atoms with Crippen molar-refractivity contribution in [2.45, 2.75) is 46.1 Å². The molecule has 1 aromatic heterocycles. The molecule has 0 radical (unpaired) electrons. The molecule has 0 aliphatic carbocycles. The third kappa shape index (κ3) is 4.52. The Balaban J connectivity index is 1.59. The van der Waals surface area contributed by atoms with Gasteiger partial charge in [0.1, 0.15) is 11.3 Å². The molecule has 0 aliphatic rings. The number of carbonyl (C=O) groups excluding carboxylic acids is 1. The van der Waals surface area contributed by atoms with Crippen molar-refractivity contribution in [1.29, 1.82) is 0 Å². The Morgan fingerprint density at radius 3 is 2.50 bits per heavy atom. The third-order valence-corrected chi connectivity index (χ3v) is 5.47. The number of rotatable bonds is 6. The molecule has 1 N–H and O–H groups in total. The highest BCUT2D eigenvalue weighted by molar-refractivity contribution is 5.98. The number of hydrogen-bond acceptors (Lipinski definition) is 4. The zero-order valence-corrected chi connectivity index (χ0v) is 19.1. The second-order valence-corrected chi connectivity index (χ2v) is 8.81. The van der Waals surface area contributed by atoms with Crippen LogP contribution < -0.4 is 10.1 Å². The van der Waals surface area contributed by atoms with Crippen molar-refractivity contribution in [3.63, 3.8) is 0 Å². The summed E-state index contributed by atoms with van der Waals surface area (Å²) in [6, 6.07) is 21.2. The van der Waals surface area contributed by atoms with E-state index in [0.29, 0.717) is 23.2 Å². The SMILES string of the molecule is Cc1ccc(-c2nc3cc(C(C)C)ccc3o2)cc1NC(=O)C(C)(C)Oc1ccccc1. The molecule has 5 nitrogen and oxygen atoms in total. The van der Waals surface area contributed by atoms with Crippen LogP contribution >= 0.6 is 0 Å². The van der Waals surface area contributed by atoms with Crippen LogP contribution in [0.25, 0.3) is 22.6 Å². The number of nitrogens with one attached hydrogen (secondary N) is 1. The number of hydrogen-bond donors (Lipinski definition) is 1. The molecule has 0 saturated carbocycles.